The summed E-state index contributed by atoms with van der Waals surface area (Å²) in [6.07, 6.45) is 1.68. The summed E-state index contributed by atoms with van der Waals surface area (Å²) in [5.41, 5.74) is 0.645. The molecule has 0 aliphatic heterocycles. The molecule has 3 nitrogen and oxygen atoms in total. The number of Topliss-reactive ketones (excluding diaryl/α,β-unsaturated/α-hetero) is 1. The van der Waals surface area contributed by atoms with E-state index in [1.54, 1.807) is 0 Å². The number of carbonyl (C=O) groups excluding carboxylic acids is 2. The highest BCUT2D eigenvalue weighted by Crippen LogP contribution is 2.32. The number of carbonyl (C=O) groups is 2. The van der Waals surface area contributed by atoms with Gasteiger partial charge in [0.2, 0.25) is 0 Å². The summed E-state index contributed by atoms with van der Waals surface area (Å²) in [5, 5.41) is 0. The van der Waals surface area contributed by atoms with Gasteiger partial charge in [0.05, 0.1) is 6.61 Å². The highest BCUT2D eigenvalue weighted by Gasteiger charge is 2.43. The Bertz CT molecular complexity index is 523. The van der Waals surface area contributed by atoms with Crippen LogP contribution in [-0.4, -0.2) is 18.4 Å². The summed E-state index contributed by atoms with van der Waals surface area (Å²) in [5.74, 6) is -5.27. The zero-order valence-electron chi connectivity index (χ0n) is 10.5. The second kappa shape index (κ2) is 5.07. The number of esters is 1. The lowest BCUT2D eigenvalue weighted by Crippen LogP contribution is -2.28. The number of ketones is 1. The summed E-state index contributed by atoms with van der Waals surface area (Å²) in [6.45, 7) is 1.37. The van der Waals surface area contributed by atoms with E-state index in [0.29, 0.717) is 30.4 Å². The maximum absolute atomic E-state index is 13.8. The average molecular weight is 268 g/mol. The molecular formula is C14H14F2O3. The fourth-order valence-electron chi connectivity index (χ4n) is 2.18. The molecule has 0 unspecified atom stereocenters. The molecule has 1 aliphatic rings. The van der Waals surface area contributed by atoms with Crippen LogP contribution >= 0.6 is 0 Å². The molecule has 0 aromatic heterocycles. The Morgan fingerprint density at radius 3 is 2.79 bits per heavy atom. The Balaban J connectivity index is 2.36. The van der Waals surface area contributed by atoms with Crippen LogP contribution in [0.25, 0.3) is 0 Å². The molecule has 0 saturated carbocycles. The zero-order valence-corrected chi connectivity index (χ0v) is 10.5. The van der Waals surface area contributed by atoms with Crippen molar-refractivity contribution in [2.45, 2.75) is 32.1 Å². The summed E-state index contributed by atoms with van der Waals surface area (Å²) in [7, 11) is 0. The van der Waals surface area contributed by atoms with E-state index in [9.17, 15) is 18.4 Å². The summed E-state index contributed by atoms with van der Waals surface area (Å²) < 4.78 is 32.1. The maximum atomic E-state index is 13.8. The van der Waals surface area contributed by atoms with Crippen LogP contribution in [0.2, 0.25) is 0 Å². The van der Waals surface area contributed by atoms with Crippen LogP contribution in [0.4, 0.5) is 8.78 Å². The minimum absolute atomic E-state index is 0.0350. The standard InChI is InChI=1S/C14H14F2O3/c1-2-19-13(18)14(15,16)10-6-7-11-9(8-10)4-3-5-12(11)17/h6-8H,2-5H2,1H3. The minimum atomic E-state index is -3.68. The zero-order chi connectivity index (χ0) is 14.0. The normalized spacial score (nSPS) is 15.0. The number of alkyl halides is 2. The van der Waals surface area contributed by atoms with Crippen molar-refractivity contribution in [1.29, 1.82) is 0 Å². The van der Waals surface area contributed by atoms with Gasteiger partial charge < -0.3 is 4.74 Å². The number of halogens is 2. The molecule has 5 heteroatoms. The van der Waals surface area contributed by atoms with E-state index in [-0.39, 0.29) is 12.4 Å². The van der Waals surface area contributed by atoms with Crippen molar-refractivity contribution in [1.82, 2.24) is 0 Å². The van der Waals surface area contributed by atoms with Crippen LogP contribution < -0.4 is 0 Å². The first-order valence-corrected chi connectivity index (χ1v) is 6.18. The molecule has 19 heavy (non-hydrogen) atoms. The molecule has 0 fully saturated rings. The van der Waals surface area contributed by atoms with Crippen LogP contribution in [0.5, 0.6) is 0 Å². The van der Waals surface area contributed by atoms with Gasteiger partial charge in [-0.25, -0.2) is 4.79 Å². The molecule has 1 aliphatic carbocycles. The van der Waals surface area contributed by atoms with Crippen molar-refractivity contribution in [3.63, 3.8) is 0 Å². The quantitative estimate of drug-likeness (QED) is 0.792. The van der Waals surface area contributed by atoms with Crippen LogP contribution in [-0.2, 0) is 21.9 Å². The van der Waals surface area contributed by atoms with Crippen molar-refractivity contribution < 1.29 is 23.1 Å². The first kappa shape index (κ1) is 13.6. The van der Waals surface area contributed by atoms with E-state index in [2.05, 4.69) is 4.74 Å². The fourth-order valence-corrected chi connectivity index (χ4v) is 2.18. The van der Waals surface area contributed by atoms with E-state index >= 15 is 0 Å². The van der Waals surface area contributed by atoms with Gasteiger partial charge in [0.25, 0.3) is 0 Å². The molecule has 1 aromatic rings. The smallest absolute Gasteiger partial charge is 0.381 e. The topological polar surface area (TPSA) is 43.4 Å². The van der Waals surface area contributed by atoms with Crippen molar-refractivity contribution in [3.8, 4) is 0 Å². The van der Waals surface area contributed by atoms with Crippen LogP contribution in [0.1, 0.15) is 41.3 Å². The van der Waals surface area contributed by atoms with Gasteiger partial charge in [-0.3, -0.25) is 4.79 Å². The Labute approximate surface area is 109 Å². The van der Waals surface area contributed by atoms with E-state index in [0.717, 1.165) is 6.07 Å². The molecule has 2 rings (SSSR count). The molecule has 102 valence electrons. The third-order valence-corrected chi connectivity index (χ3v) is 3.15. The summed E-state index contributed by atoms with van der Waals surface area (Å²) >= 11 is 0. The average Bonchev–Trinajstić information content (AvgIpc) is 2.39. The third-order valence-electron chi connectivity index (χ3n) is 3.15. The van der Waals surface area contributed by atoms with Gasteiger partial charge in [0.1, 0.15) is 0 Å². The maximum Gasteiger partial charge on any atom is 0.381 e. The highest BCUT2D eigenvalue weighted by molar-refractivity contribution is 5.98. The van der Waals surface area contributed by atoms with Gasteiger partial charge in [-0.05, 0) is 31.4 Å². The number of hydrogen-bond acceptors (Lipinski definition) is 3. The second-order valence-electron chi connectivity index (χ2n) is 4.44. The Kier molecular flexibility index (Phi) is 3.64. The number of fused-ring (bicyclic) bond motifs is 1. The van der Waals surface area contributed by atoms with Gasteiger partial charge in [-0.1, -0.05) is 12.1 Å². The number of hydrogen-bond donors (Lipinski definition) is 0. The molecule has 1 aromatic carbocycles. The highest BCUT2D eigenvalue weighted by atomic mass is 19.3. The van der Waals surface area contributed by atoms with E-state index < -0.39 is 17.5 Å². The first-order chi connectivity index (χ1) is 8.96. The molecule has 0 bridgehead atoms. The first-order valence-electron chi connectivity index (χ1n) is 6.18. The monoisotopic (exact) mass is 268 g/mol. The van der Waals surface area contributed by atoms with Gasteiger partial charge in [-0.15, -0.1) is 0 Å². The Morgan fingerprint density at radius 1 is 1.37 bits per heavy atom. The molecular weight excluding hydrogens is 254 g/mol. The number of aryl methyl sites for hydroxylation is 1. The molecule has 0 atom stereocenters. The molecule has 0 heterocycles. The van der Waals surface area contributed by atoms with E-state index in [1.807, 2.05) is 0 Å². The number of benzene rings is 1. The summed E-state index contributed by atoms with van der Waals surface area (Å²) in [4.78, 5) is 22.9. The fraction of sp³-hybridized carbons (Fsp3) is 0.429. The summed E-state index contributed by atoms with van der Waals surface area (Å²) in [6, 6.07) is 3.74. The van der Waals surface area contributed by atoms with Gasteiger partial charge in [0.15, 0.2) is 5.78 Å². The second-order valence-corrected chi connectivity index (χ2v) is 4.44. The minimum Gasteiger partial charge on any atom is -0.461 e. The van der Waals surface area contributed by atoms with Crippen molar-refractivity contribution in [3.05, 3.63) is 34.9 Å². The molecule has 0 amide bonds. The molecule has 0 spiro atoms. The lowest BCUT2D eigenvalue weighted by molar-refractivity contribution is -0.173. The van der Waals surface area contributed by atoms with Gasteiger partial charge in [-0.2, -0.15) is 8.78 Å². The largest absolute Gasteiger partial charge is 0.461 e. The van der Waals surface area contributed by atoms with E-state index in [1.165, 1.54) is 19.1 Å². The van der Waals surface area contributed by atoms with Crippen LogP contribution in [0.3, 0.4) is 0 Å². The number of rotatable bonds is 3. The lowest BCUT2D eigenvalue weighted by atomic mass is 9.88. The lowest BCUT2D eigenvalue weighted by Gasteiger charge is -2.19. The van der Waals surface area contributed by atoms with Crippen LogP contribution in [0, 0.1) is 0 Å². The van der Waals surface area contributed by atoms with Crippen LogP contribution in [0.15, 0.2) is 18.2 Å². The molecule has 0 saturated heterocycles. The van der Waals surface area contributed by atoms with Crippen molar-refractivity contribution >= 4 is 11.8 Å². The van der Waals surface area contributed by atoms with Gasteiger partial charge in [0, 0.05) is 17.5 Å². The van der Waals surface area contributed by atoms with Crippen molar-refractivity contribution in [2.75, 3.05) is 6.61 Å². The third kappa shape index (κ3) is 2.50. The SMILES string of the molecule is CCOC(=O)C(F)(F)c1ccc2c(c1)CCCC2=O. The van der Waals surface area contributed by atoms with Gasteiger partial charge >= 0.3 is 11.9 Å². The molecule has 0 N–H and O–H groups in total. The Hall–Kier alpha value is -1.78. The molecule has 0 radical (unpaired) electrons. The predicted octanol–water partition coefficient (Wildman–Crippen LogP) is 2.86. The van der Waals surface area contributed by atoms with E-state index in [4.69, 9.17) is 0 Å². The number of ether oxygens (including phenoxy) is 1. The Morgan fingerprint density at radius 2 is 2.11 bits per heavy atom. The predicted molar refractivity (Wildman–Crippen MR) is 64.2 cm³/mol. The van der Waals surface area contributed by atoms with Crippen molar-refractivity contribution in [2.24, 2.45) is 0 Å².